The lowest BCUT2D eigenvalue weighted by molar-refractivity contribution is -0.136. The van der Waals surface area contributed by atoms with Crippen LogP contribution >= 0.6 is 0 Å². The highest BCUT2D eigenvalue weighted by Crippen LogP contribution is 2.26. The number of piperazine rings is 1. The van der Waals surface area contributed by atoms with Gasteiger partial charge in [-0.2, -0.15) is 4.98 Å². The summed E-state index contributed by atoms with van der Waals surface area (Å²) >= 11 is 0. The lowest BCUT2D eigenvalue weighted by Crippen LogP contribution is -2.49. The number of nitrogens with zero attached hydrogens (tertiary/aromatic N) is 4. The van der Waals surface area contributed by atoms with Crippen LogP contribution in [0.2, 0.25) is 0 Å². The van der Waals surface area contributed by atoms with Gasteiger partial charge in [-0.15, -0.1) is 0 Å². The number of hydrogen-bond acceptors (Lipinski definition) is 5. The summed E-state index contributed by atoms with van der Waals surface area (Å²) < 4.78 is 5.27. The van der Waals surface area contributed by atoms with Gasteiger partial charge in [0.1, 0.15) is 0 Å². The smallest absolute Gasteiger partial charge is 0.226 e. The molecule has 0 aliphatic carbocycles. The fourth-order valence-electron chi connectivity index (χ4n) is 3.32. The number of amides is 1. The van der Waals surface area contributed by atoms with Crippen LogP contribution in [0.4, 0.5) is 0 Å². The van der Waals surface area contributed by atoms with Crippen LogP contribution in [0.3, 0.4) is 0 Å². The molecule has 0 radical (unpaired) electrons. The molecule has 0 saturated carbocycles. The molecule has 1 aliphatic heterocycles. The largest absolute Gasteiger partial charge is 0.339 e. The molecule has 140 valence electrons. The molecule has 6 heteroatoms. The fraction of sp³-hybridized carbons (Fsp3) is 0.550. The lowest BCUT2D eigenvalue weighted by Gasteiger charge is -2.40. The topological polar surface area (TPSA) is 62.5 Å². The maximum Gasteiger partial charge on any atom is 0.226 e. The van der Waals surface area contributed by atoms with Crippen LogP contribution in [0.15, 0.2) is 34.9 Å². The second kappa shape index (κ2) is 8.45. The number of hydrogen-bond donors (Lipinski definition) is 0. The van der Waals surface area contributed by atoms with Crippen molar-refractivity contribution in [2.24, 2.45) is 0 Å². The minimum atomic E-state index is 0.124. The Kier molecular flexibility index (Phi) is 6.04. The van der Waals surface area contributed by atoms with Crippen molar-refractivity contribution >= 4 is 5.91 Å². The van der Waals surface area contributed by atoms with Gasteiger partial charge in [0.15, 0.2) is 5.82 Å². The Hall–Kier alpha value is -2.21. The van der Waals surface area contributed by atoms with E-state index in [-0.39, 0.29) is 17.9 Å². The summed E-state index contributed by atoms with van der Waals surface area (Å²) in [5.41, 5.74) is 1.20. The molecule has 0 N–H and O–H groups in total. The normalized spacial score (nSPS) is 18.5. The van der Waals surface area contributed by atoms with Gasteiger partial charge >= 0.3 is 0 Å². The van der Waals surface area contributed by atoms with Gasteiger partial charge in [0, 0.05) is 38.4 Å². The zero-order chi connectivity index (χ0) is 18.5. The van der Waals surface area contributed by atoms with Gasteiger partial charge in [0.05, 0.1) is 6.04 Å². The molecule has 1 atom stereocenters. The van der Waals surface area contributed by atoms with E-state index in [4.69, 9.17) is 4.52 Å². The molecule has 1 aromatic heterocycles. The molecule has 1 amide bonds. The number of aryl methyl sites for hydroxylation is 1. The van der Waals surface area contributed by atoms with E-state index in [2.05, 4.69) is 34.2 Å². The second-order valence-electron chi connectivity index (χ2n) is 7.33. The Morgan fingerprint density at radius 3 is 2.73 bits per heavy atom. The maximum atomic E-state index is 12.8. The fourth-order valence-corrected chi connectivity index (χ4v) is 3.32. The van der Waals surface area contributed by atoms with Gasteiger partial charge in [-0.1, -0.05) is 49.3 Å². The van der Waals surface area contributed by atoms with Gasteiger partial charge in [0.2, 0.25) is 11.8 Å². The molecule has 0 spiro atoms. The molecule has 26 heavy (non-hydrogen) atoms. The lowest BCUT2D eigenvalue weighted by atomic mass is 10.0. The van der Waals surface area contributed by atoms with E-state index in [0.717, 1.165) is 31.9 Å². The molecule has 3 rings (SSSR count). The van der Waals surface area contributed by atoms with E-state index >= 15 is 0 Å². The van der Waals surface area contributed by atoms with Crippen molar-refractivity contribution in [2.45, 2.75) is 45.1 Å². The SMILES string of the molecule is CC(C)c1noc(CCCC(=O)N2CCN(C)C[C@@H]2c2ccccc2)n1. The minimum Gasteiger partial charge on any atom is -0.339 e. The van der Waals surface area contributed by atoms with Crippen LogP contribution in [0.1, 0.15) is 55.9 Å². The van der Waals surface area contributed by atoms with Crippen molar-refractivity contribution in [3.8, 4) is 0 Å². The predicted octanol–water partition coefficient (Wildman–Crippen LogP) is 3.03. The molecular formula is C20H28N4O2. The highest BCUT2D eigenvalue weighted by molar-refractivity contribution is 5.77. The quantitative estimate of drug-likeness (QED) is 0.796. The van der Waals surface area contributed by atoms with Crippen molar-refractivity contribution in [3.05, 3.63) is 47.6 Å². The molecule has 6 nitrogen and oxygen atoms in total. The summed E-state index contributed by atoms with van der Waals surface area (Å²) in [7, 11) is 2.11. The third kappa shape index (κ3) is 4.49. The van der Waals surface area contributed by atoms with Gasteiger partial charge in [-0.05, 0) is 19.0 Å². The number of carbonyl (C=O) groups excluding carboxylic acids is 1. The molecule has 1 saturated heterocycles. The van der Waals surface area contributed by atoms with Crippen LogP contribution in [-0.4, -0.2) is 52.5 Å². The van der Waals surface area contributed by atoms with Crippen LogP contribution < -0.4 is 0 Å². The Morgan fingerprint density at radius 2 is 2.04 bits per heavy atom. The van der Waals surface area contributed by atoms with Crippen molar-refractivity contribution in [2.75, 3.05) is 26.7 Å². The van der Waals surface area contributed by atoms with Crippen LogP contribution in [0.5, 0.6) is 0 Å². The predicted molar refractivity (Wildman–Crippen MR) is 99.7 cm³/mol. The van der Waals surface area contributed by atoms with Crippen LogP contribution in [0.25, 0.3) is 0 Å². The zero-order valence-electron chi connectivity index (χ0n) is 15.9. The van der Waals surface area contributed by atoms with Gasteiger partial charge in [-0.25, -0.2) is 0 Å². The van der Waals surface area contributed by atoms with Gasteiger partial charge in [0.25, 0.3) is 0 Å². The average Bonchev–Trinajstić information content (AvgIpc) is 3.11. The van der Waals surface area contributed by atoms with E-state index in [1.165, 1.54) is 5.56 Å². The highest BCUT2D eigenvalue weighted by Gasteiger charge is 2.29. The maximum absolute atomic E-state index is 12.8. The summed E-state index contributed by atoms with van der Waals surface area (Å²) in [6.07, 6.45) is 1.88. The number of aromatic nitrogens is 2. The third-order valence-corrected chi connectivity index (χ3v) is 4.87. The number of likely N-dealkylation sites (N-methyl/N-ethyl adjacent to an activating group) is 1. The van der Waals surface area contributed by atoms with Gasteiger partial charge in [-0.3, -0.25) is 4.79 Å². The Balaban J connectivity index is 1.58. The number of carbonyl (C=O) groups is 1. The molecule has 1 aliphatic rings. The summed E-state index contributed by atoms with van der Waals surface area (Å²) in [6.45, 7) is 6.63. The van der Waals surface area contributed by atoms with E-state index in [9.17, 15) is 4.79 Å². The van der Waals surface area contributed by atoms with Gasteiger partial charge < -0.3 is 14.3 Å². The Morgan fingerprint density at radius 1 is 1.27 bits per heavy atom. The third-order valence-electron chi connectivity index (χ3n) is 4.87. The molecular weight excluding hydrogens is 328 g/mol. The minimum absolute atomic E-state index is 0.124. The summed E-state index contributed by atoms with van der Waals surface area (Å²) in [6, 6.07) is 10.4. The van der Waals surface area contributed by atoms with Crippen molar-refractivity contribution < 1.29 is 9.32 Å². The van der Waals surface area contributed by atoms with Crippen molar-refractivity contribution in [3.63, 3.8) is 0 Å². The first kappa shape index (κ1) is 18.6. The molecule has 1 aromatic carbocycles. The first-order chi connectivity index (χ1) is 12.5. The number of benzene rings is 1. The summed E-state index contributed by atoms with van der Waals surface area (Å²) in [5.74, 6) is 1.82. The van der Waals surface area contributed by atoms with E-state index in [0.29, 0.717) is 18.7 Å². The Bertz CT molecular complexity index is 714. The standard InChI is InChI=1S/C20H28N4O2/c1-15(2)20-21-18(26-22-20)10-7-11-19(25)24-13-12-23(3)14-17(24)16-8-5-4-6-9-16/h4-6,8-9,15,17H,7,10-14H2,1-3H3/t17-/m1/s1. The van der Waals surface area contributed by atoms with E-state index < -0.39 is 0 Å². The zero-order valence-corrected chi connectivity index (χ0v) is 15.9. The first-order valence-corrected chi connectivity index (χ1v) is 9.40. The first-order valence-electron chi connectivity index (χ1n) is 9.40. The number of rotatable bonds is 6. The Labute approximate surface area is 155 Å². The average molecular weight is 356 g/mol. The summed E-state index contributed by atoms with van der Waals surface area (Å²) in [5, 5.41) is 3.98. The molecule has 0 bridgehead atoms. The molecule has 2 aromatic rings. The second-order valence-corrected chi connectivity index (χ2v) is 7.33. The summed E-state index contributed by atoms with van der Waals surface area (Å²) in [4.78, 5) is 21.5. The molecule has 1 fully saturated rings. The van der Waals surface area contributed by atoms with Crippen molar-refractivity contribution in [1.82, 2.24) is 19.9 Å². The van der Waals surface area contributed by atoms with Crippen molar-refractivity contribution in [1.29, 1.82) is 0 Å². The van der Waals surface area contributed by atoms with E-state index in [1.807, 2.05) is 36.9 Å². The molecule has 0 unspecified atom stereocenters. The molecule has 2 heterocycles. The monoisotopic (exact) mass is 356 g/mol. The van der Waals surface area contributed by atoms with Crippen LogP contribution in [-0.2, 0) is 11.2 Å². The van der Waals surface area contributed by atoms with E-state index in [1.54, 1.807) is 0 Å². The van der Waals surface area contributed by atoms with Crippen LogP contribution in [0, 0.1) is 0 Å². The highest BCUT2D eigenvalue weighted by atomic mass is 16.5.